The second-order valence-electron chi connectivity index (χ2n) is 5.80. The van der Waals surface area contributed by atoms with Crippen molar-refractivity contribution in [2.45, 2.75) is 23.9 Å². The molecule has 1 saturated heterocycles. The van der Waals surface area contributed by atoms with Crippen LogP contribution in [0.4, 0.5) is 0 Å². The lowest BCUT2D eigenvalue weighted by molar-refractivity contribution is 0.112. The van der Waals surface area contributed by atoms with Gasteiger partial charge in [0, 0.05) is 43.2 Å². The van der Waals surface area contributed by atoms with Crippen LogP contribution in [0.5, 0.6) is 0 Å². The molecular formula is C16H27N3S. The average molecular weight is 293 g/mol. The highest BCUT2D eigenvalue weighted by Crippen LogP contribution is 2.19. The van der Waals surface area contributed by atoms with Gasteiger partial charge < -0.3 is 10.2 Å². The molecule has 1 N–H and O–H groups in total. The number of rotatable bonds is 5. The van der Waals surface area contributed by atoms with Gasteiger partial charge in [0.05, 0.1) is 0 Å². The molecule has 0 radical (unpaired) electrons. The Morgan fingerprint density at radius 3 is 2.60 bits per heavy atom. The minimum Gasteiger partial charge on any atom is -0.309 e. The highest BCUT2D eigenvalue weighted by Gasteiger charge is 2.22. The van der Waals surface area contributed by atoms with Crippen LogP contribution in [0.1, 0.15) is 18.5 Å². The van der Waals surface area contributed by atoms with Crippen LogP contribution in [-0.4, -0.2) is 62.4 Å². The first-order chi connectivity index (χ1) is 9.60. The van der Waals surface area contributed by atoms with Crippen LogP contribution in [0.2, 0.25) is 0 Å². The fourth-order valence-electron chi connectivity index (χ4n) is 2.65. The van der Waals surface area contributed by atoms with Gasteiger partial charge >= 0.3 is 0 Å². The predicted octanol–water partition coefficient (Wildman–Crippen LogP) is 2.30. The molecule has 4 heteroatoms. The summed E-state index contributed by atoms with van der Waals surface area (Å²) in [6.45, 7) is 6.80. The summed E-state index contributed by atoms with van der Waals surface area (Å²) in [6, 6.07) is 9.91. The van der Waals surface area contributed by atoms with Crippen molar-refractivity contribution in [2.24, 2.45) is 0 Å². The third kappa shape index (κ3) is 4.22. The van der Waals surface area contributed by atoms with Gasteiger partial charge in [-0.3, -0.25) is 4.90 Å². The number of thioether (sulfide) groups is 1. The van der Waals surface area contributed by atoms with E-state index < -0.39 is 0 Å². The number of nitrogens with zero attached hydrogens (tertiary/aromatic N) is 2. The van der Waals surface area contributed by atoms with Gasteiger partial charge in [0.2, 0.25) is 0 Å². The first kappa shape index (κ1) is 15.8. The zero-order valence-corrected chi connectivity index (χ0v) is 13.9. The van der Waals surface area contributed by atoms with Crippen LogP contribution in [0, 0.1) is 0 Å². The van der Waals surface area contributed by atoms with Crippen molar-refractivity contribution in [1.29, 1.82) is 0 Å². The Hall–Kier alpha value is -0.550. The molecule has 0 spiro atoms. The summed E-state index contributed by atoms with van der Waals surface area (Å²) in [5, 5.41) is 3.68. The average Bonchev–Trinajstić information content (AvgIpc) is 2.48. The molecule has 1 fully saturated rings. The van der Waals surface area contributed by atoms with Gasteiger partial charge in [0.1, 0.15) is 0 Å². The van der Waals surface area contributed by atoms with Crippen molar-refractivity contribution >= 4 is 11.8 Å². The summed E-state index contributed by atoms with van der Waals surface area (Å²) >= 11 is 1.79. The molecule has 20 heavy (non-hydrogen) atoms. The van der Waals surface area contributed by atoms with Gasteiger partial charge in [-0.1, -0.05) is 12.1 Å². The van der Waals surface area contributed by atoms with E-state index >= 15 is 0 Å². The maximum absolute atomic E-state index is 3.68. The van der Waals surface area contributed by atoms with Crippen molar-refractivity contribution in [1.82, 2.24) is 15.1 Å². The Balaban J connectivity index is 1.85. The molecular weight excluding hydrogens is 266 g/mol. The second-order valence-corrected chi connectivity index (χ2v) is 6.68. The lowest BCUT2D eigenvalue weighted by Crippen LogP contribution is -2.53. The van der Waals surface area contributed by atoms with Crippen molar-refractivity contribution in [2.75, 3.05) is 46.5 Å². The summed E-state index contributed by atoms with van der Waals surface area (Å²) in [6.07, 6.45) is 2.12. The fraction of sp³-hybridized carbons (Fsp3) is 0.625. The number of benzene rings is 1. The number of piperazine rings is 1. The maximum atomic E-state index is 3.68. The Morgan fingerprint density at radius 1 is 1.25 bits per heavy atom. The minimum atomic E-state index is 0.409. The molecule has 2 unspecified atom stereocenters. The molecule has 0 aromatic heterocycles. The van der Waals surface area contributed by atoms with Crippen LogP contribution in [0.3, 0.4) is 0 Å². The van der Waals surface area contributed by atoms with Gasteiger partial charge in [-0.15, -0.1) is 11.8 Å². The van der Waals surface area contributed by atoms with Crippen LogP contribution in [0.15, 0.2) is 29.2 Å². The van der Waals surface area contributed by atoms with Crippen molar-refractivity contribution in [3.63, 3.8) is 0 Å². The molecule has 3 nitrogen and oxygen atoms in total. The molecule has 1 heterocycles. The maximum Gasteiger partial charge on any atom is 0.0345 e. The number of likely N-dealkylation sites (N-methyl/N-ethyl adjacent to an activating group) is 2. The highest BCUT2D eigenvalue weighted by molar-refractivity contribution is 7.98. The lowest BCUT2D eigenvalue weighted by atomic mass is 10.1. The van der Waals surface area contributed by atoms with Crippen molar-refractivity contribution < 1.29 is 0 Å². The highest BCUT2D eigenvalue weighted by atomic mass is 32.2. The van der Waals surface area contributed by atoms with E-state index in [2.05, 4.69) is 66.7 Å². The smallest absolute Gasteiger partial charge is 0.0345 e. The Bertz CT molecular complexity index is 407. The molecule has 0 saturated carbocycles. The predicted molar refractivity (Wildman–Crippen MR) is 88.6 cm³/mol. The van der Waals surface area contributed by atoms with Gasteiger partial charge in [-0.2, -0.15) is 0 Å². The summed E-state index contributed by atoms with van der Waals surface area (Å²) in [7, 11) is 4.45. The fourth-order valence-corrected chi connectivity index (χ4v) is 3.05. The van der Waals surface area contributed by atoms with Gasteiger partial charge in [-0.05, 0) is 45.0 Å². The lowest BCUT2D eigenvalue weighted by Gasteiger charge is -2.38. The summed E-state index contributed by atoms with van der Waals surface area (Å²) in [5.74, 6) is 0. The monoisotopic (exact) mass is 293 g/mol. The first-order valence-electron chi connectivity index (χ1n) is 7.36. The number of nitrogens with one attached hydrogen (secondary N) is 1. The molecule has 0 bridgehead atoms. The van der Waals surface area contributed by atoms with Crippen molar-refractivity contribution in [3.05, 3.63) is 29.8 Å². The summed E-state index contributed by atoms with van der Waals surface area (Å²) in [4.78, 5) is 6.22. The zero-order chi connectivity index (χ0) is 14.5. The Morgan fingerprint density at radius 2 is 1.95 bits per heavy atom. The van der Waals surface area contributed by atoms with Crippen LogP contribution in [-0.2, 0) is 0 Å². The second kappa shape index (κ2) is 7.46. The molecule has 0 aliphatic carbocycles. The van der Waals surface area contributed by atoms with E-state index in [0.717, 1.165) is 13.1 Å². The standard InChI is InChI=1S/C16H27N3S/c1-13(14-5-7-16(20-4)8-6-14)17-11-15-12-18(2)9-10-19(15)3/h5-8,13,15,17H,9-12H2,1-4H3. The Kier molecular flexibility index (Phi) is 5.90. The third-order valence-corrected chi connectivity index (χ3v) is 5.00. The molecule has 1 aliphatic heterocycles. The zero-order valence-electron chi connectivity index (χ0n) is 13.1. The van der Waals surface area contributed by atoms with Crippen LogP contribution < -0.4 is 5.32 Å². The minimum absolute atomic E-state index is 0.409. The molecule has 1 aromatic carbocycles. The van der Waals surface area contributed by atoms with Crippen LogP contribution >= 0.6 is 11.8 Å². The molecule has 2 atom stereocenters. The molecule has 1 aliphatic rings. The largest absolute Gasteiger partial charge is 0.309 e. The van der Waals surface area contributed by atoms with E-state index in [1.165, 1.54) is 23.5 Å². The SMILES string of the molecule is CSc1ccc(C(C)NCC2CN(C)CCN2C)cc1. The van der Waals surface area contributed by atoms with E-state index in [4.69, 9.17) is 0 Å². The molecule has 1 aromatic rings. The van der Waals surface area contributed by atoms with Gasteiger partial charge in [-0.25, -0.2) is 0 Å². The summed E-state index contributed by atoms with van der Waals surface area (Å²) in [5.41, 5.74) is 1.37. The quantitative estimate of drug-likeness (QED) is 0.839. The number of hydrogen-bond acceptors (Lipinski definition) is 4. The number of hydrogen-bond donors (Lipinski definition) is 1. The van der Waals surface area contributed by atoms with Crippen LogP contribution in [0.25, 0.3) is 0 Å². The molecule has 112 valence electrons. The topological polar surface area (TPSA) is 18.5 Å². The molecule has 0 amide bonds. The van der Waals surface area contributed by atoms with E-state index in [9.17, 15) is 0 Å². The normalized spacial score (nSPS) is 22.9. The van der Waals surface area contributed by atoms with Gasteiger partial charge in [0.25, 0.3) is 0 Å². The third-order valence-electron chi connectivity index (χ3n) is 4.26. The van der Waals surface area contributed by atoms with E-state index in [1.54, 1.807) is 11.8 Å². The van der Waals surface area contributed by atoms with E-state index in [1.807, 2.05) is 0 Å². The van der Waals surface area contributed by atoms with Gasteiger partial charge in [0.15, 0.2) is 0 Å². The van der Waals surface area contributed by atoms with Crippen molar-refractivity contribution in [3.8, 4) is 0 Å². The molecule has 2 rings (SSSR count). The summed E-state index contributed by atoms with van der Waals surface area (Å²) < 4.78 is 0. The Labute approximate surface area is 127 Å². The first-order valence-corrected chi connectivity index (χ1v) is 8.58. The van der Waals surface area contributed by atoms with E-state index in [0.29, 0.717) is 12.1 Å². The van der Waals surface area contributed by atoms with E-state index in [-0.39, 0.29) is 0 Å².